The van der Waals surface area contributed by atoms with Crippen LogP contribution >= 0.6 is 0 Å². The highest BCUT2D eigenvalue weighted by Gasteiger charge is 2.10. The van der Waals surface area contributed by atoms with Gasteiger partial charge >= 0.3 is 0 Å². The largest absolute Gasteiger partial charge is 0.307 e. The second-order valence-electron chi connectivity index (χ2n) is 3.30. The topological polar surface area (TPSA) is 24.9 Å². The minimum Gasteiger partial charge on any atom is -0.307 e. The third-order valence-corrected chi connectivity index (χ3v) is 2.26. The maximum Gasteiger partial charge on any atom is 0.0586 e. The molecular weight excluding hydrogens is 148 g/mol. The Morgan fingerprint density at radius 3 is 3.25 bits per heavy atom. The molecule has 64 valence electrons. The van der Waals surface area contributed by atoms with Crippen molar-refractivity contribution in [2.45, 2.75) is 32.9 Å². The van der Waals surface area contributed by atoms with E-state index in [0.29, 0.717) is 0 Å². The molecule has 0 unspecified atom stereocenters. The molecule has 0 aliphatic carbocycles. The molecule has 2 heteroatoms. The summed E-state index contributed by atoms with van der Waals surface area (Å²) < 4.78 is 0. The van der Waals surface area contributed by atoms with Crippen LogP contribution in [-0.2, 0) is 19.5 Å². The lowest BCUT2D eigenvalue weighted by Gasteiger charge is -2.00. The first-order valence-corrected chi connectivity index (χ1v) is 4.57. The summed E-state index contributed by atoms with van der Waals surface area (Å²) in [6, 6.07) is 2.28. The zero-order chi connectivity index (χ0) is 8.39. The van der Waals surface area contributed by atoms with Gasteiger partial charge in [-0.1, -0.05) is 19.4 Å². The van der Waals surface area contributed by atoms with Gasteiger partial charge in [0.25, 0.3) is 0 Å². The molecule has 0 saturated heterocycles. The molecule has 1 aromatic rings. The maximum absolute atomic E-state index is 4.42. The average molecular weight is 162 g/mol. The Bertz CT molecular complexity index is 281. The Labute approximate surface area is 73.0 Å². The van der Waals surface area contributed by atoms with Crippen LogP contribution in [0.2, 0.25) is 0 Å². The van der Waals surface area contributed by atoms with E-state index >= 15 is 0 Å². The average Bonchev–Trinajstić information content (AvgIpc) is 2.51. The highest BCUT2D eigenvalue weighted by atomic mass is 14.9. The van der Waals surface area contributed by atoms with Gasteiger partial charge in [-0.25, -0.2) is 0 Å². The van der Waals surface area contributed by atoms with Crippen molar-refractivity contribution in [1.82, 2.24) is 10.3 Å². The van der Waals surface area contributed by atoms with E-state index in [4.69, 9.17) is 0 Å². The van der Waals surface area contributed by atoms with Crippen LogP contribution in [0.15, 0.2) is 12.3 Å². The van der Waals surface area contributed by atoms with Crippen LogP contribution in [0.3, 0.4) is 0 Å². The van der Waals surface area contributed by atoms with Crippen LogP contribution in [0.5, 0.6) is 0 Å². The van der Waals surface area contributed by atoms with E-state index in [2.05, 4.69) is 23.3 Å². The molecule has 1 N–H and O–H groups in total. The van der Waals surface area contributed by atoms with Gasteiger partial charge < -0.3 is 5.32 Å². The van der Waals surface area contributed by atoms with E-state index in [1.54, 1.807) is 0 Å². The number of nitrogens with one attached hydrogen (secondary N) is 1. The van der Waals surface area contributed by atoms with E-state index < -0.39 is 0 Å². The van der Waals surface area contributed by atoms with Crippen LogP contribution < -0.4 is 5.32 Å². The summed E-state index contributed by atoms with van der Waals surface area (Å²) in [5, 5.41) is 3.29. The van der Waals surface area contributed by atoms with Crippen molar-refractivity contribution in [3.05, 3.63) is 29.1 Å². The minimum atomic E-state index is 0.946. The standard InChI is InChI=1S/C10H14N2/c1-2-3-8-4-9-6-11-7-10(9)12-5-8/h4-5,11H,2-3,6-7H2,1H3. The van der Waals surface area contributed by atoms with Crippen molar-refractivity contribution in [2.24, 2.45) is 0 Å². The molecule has 0 atom stereocenters. The van der Waals surface area contributed by atoms with Crippen molar-refractivity contribution < 1.29 is 0 Å². The molecule has 0 spiro atoms. The highest BCUT2D eigenvalue weighted by Crippen LogP contribution is 2.14. The van der Waals surface area contributed by atoms with Crippen LogP contribution in [0.4, 0.5) is 0 Å². The lowest BCUT2D eigenvalue weighted by Crippen LogP contribution is -2.00. The van der Waals surface area contributed by atoms with Crippen LogP contribution in [-0.4, -0.2) is 4.98 Å². The molecule has 0 aromatic carbocycles. The summed E-state index contributed by atoms with van der Waals surface area (Å²) in [6.45, 7) is 4.15. The van der Waals surface area contributed by atoms with Crippen LogP contribution in [0.25, 0.3) is 0 Å². The molecule has 0 amide bonds. The number of aromatic nitrogens is 1. The molecule has 0 bridgehead atoms. The summed E-state index contributed by atoms with van der Waals surface area (Å²) in [7, 11) is 0. The minimum absolute atomic E-state index is 0.946. The first-order valence-electron chi connectivity index (χ1n) is 4.57. The number of hydrogen-bond acceptors (Lipinski definition) is 2. The van der Waals surface area contributed by atoms with E-state index in [1.807, 2.05) is 6.20 Å². The lowest BCUT2D eigenvalue weighted by atomic mass is 10.1. The summed E-state index contributed by atoms with van der Waals surface area (Å²) in [5.74, 6) is 0. The molecule has 0 radical (unpaired) electrons. The number of hydrogen-bond donors (Lipinski definition) is 1. The number of nitrogens with zero attached hydrogens (tertiary/aromatic N) is 1. The van der Waals surface area contributed by atoms with Gasteiger partial charge in [0, 0.05) is 19.3 Å². The molecule has 12 heavy (non-hydrogen) atoms. The fourth-order valence-corrected chi connectivity index (χ4v) is 1.64. The summed E-state index contributed by atoms with van der Waals surface area (Å²) >= 11 is 0. The zero-order valence-corrected chi connectivity index (χ0v) is 7.43. The van der Waals surface area contributed by atoms with Gasteiger partial charge in [0.2, 0.25) is 0 Å². The predicted molar refractivity (Wildman–Crippen MR) is 48.8 cm³/mol. The van der Waals surface area contributed by atoms with Crippen molar-refractivity contribution in [2.75, 3.05) is 0 Å². The summed E-state index contributed by atoms with van der Waals surface area (Å²) in [5.41, 5.74) is 4.00. The zero-order valence-electron chi connectivity index (χ0n) is 7.43. The quantitative estimate of drug-likeness (QED) is 0.715. The smallest absolute Gasteiger partial charge is 0.0586 e. The van der Waals surface area contributed by atoms with Gasteiger partial charge in [0.05, 0.1) is 5.69 Å². The van der Waals surface area contributed by atoms with E-state index in [-0.39, 0.29) is 0 Å². The normalized spacial score (nSPS) is 14.8. The number of fused-ring (bicyclic) bond motifs is 1. The van der Waals surface area contributed by atoms with Crippen molar-refractivity contribution in [1.29, 1.82) is 0 Å². The Morgan fingerprint density at radius 1 is 1.50 bits per heavy atom. The predicted octanol–water partition coefficient (Wildman–Crippen LogP) is 1.64. The Hall–Kier alpha value is -0.890. The SMILES string of the molecule is CCCc1cnc2c(c1)CNC2. The molecule has 1 aromatic heterocycles. The monoisotopic (exact) mass is 162 g/mol. The molecule has 1 aliphatic rings. The third-order valence-electron chi connectivity index (χ3n) is 2.26. The van der Waals surface area contributed by atoms with Gasteiger partial charge in [-0.2, -0.15) is 0 Å². The molecule has 1 aliphatic heterocycles. The molecule has 2 rings (SSSR count). The van der Waals surface area contributed by atoms with Crippen molar-refractivity contribution >= 4 is 0 Å². The number of rotatable bonds is 2. The molecule has 2 nitrogen and oxygen atoms in total. The fourth-order valence-electron chi connectivity index (χ4n) is 1.64. The molecule has 0 saturated carbocycles. The van der Waals surface area contributed by atoms with Crippen LogP contribution in [0, 0.1) is 0 Å². The van der Waals surface area contributed by atoms with Gasteiger partial charge in [0.1, 0.15) is 0 Å². The van der Waals surface area contributed by atoms with Gasteiger partial charge in [-0.3, -0.25) is 4.98 Å². The second kappa shape index (κ2) is 3.23. The van der Waals surface area contributed by atoms with Crippen LogP contribution in [0.1, 0.15) is 30.2 Å². The van der Waals surface area contributed by atoms with Gasteiger partial charge in [-0.15, -0.1) is 0 Å². The van der Waals surface area contributed by atoms with E-state index in [9.17, 15) is 0 Å². The summed E-state index contributed by atoms with van der Waals surface area (Å²) in [6.07, 6.45) is 4.36. The van der Waals surface area contributed by atoms with Crippen molar-refractivity contribution in [3.8, 4) is 0 Å². The molecule has 0 fully saturated rings. The Kier molecular flexibility index (Phi) is 2.09. The second-order valence-corrected chi connectivity index (χ2v) is 3.30. The highest BCUT2D eigenvalue weighted by molar-refractivity contribution is 5.28. The van der Waals surface area contributed by atoms with Gasteiger partial charge in [0.15, 0.2) is 0 Å². The first-order chi connectivity index (χ1) is 5.90. The van der Waals surface area contributed by atoms with Crippen molar-refractivity contribution in [3.63, 3.8) is 0 Å². The first kappa shape index (κ1) is 7.74. The summed E-state index contributed by atoms with van der Waals surface area (Å²) in [4.78, 5) is 4.42. The third kappa shape index (κ3) is 1.34. The number of pyridine rings is 1. The Balaban J connectivity index is 2.26. The van der Waals surface area contributed by atoms with E-state index in [0.717, 1.165) is 19.5 Å². The van der Waals surface area contributed by atoms with E-state index in [1.165, 1.54) is 23.2 Å². The fraction of sp³-hybridized carbons (Fsp3) is 0.500. The lowest BCUT2D eigenvalue weighted by molar-refractivity contribution is 0.757. The molecule has 2 heterocycles. The Morgan fingerprint density at radius 2 is 2.42 bits per heavy atom. The van der Waals surface area contributed by atoms with Gasteiger partial charge in [-0.05, 0) is 17.5 Å². The maximum atomic E-state index is 4.42. The molecular formula is C10H14N2. The number of aryl methyl sites for hydroxylation is 1.